The number of fused-ring (bicyclic) bond motifs is 1. The predicted octanol–water partition coefficient (Wildman–Crippen LogP) is 5.06. The molecule has 2 nitrogen and oxygen atoms in total. The van der Waals surface area contributed by atoms with Crippen molar-refractivity contribution < 1.29 is 13.2 Å². The van der Waals surface area contributed by atoms with E-state index in [1.807, 2.05) is 31.2 Å². The van der Waals surface area contributed by atoms with E-state index in [0.717, 1.165) is 11.1 Å². The maximum atomic E-state index is 13.3. The maximum absolute atomic E-state index is 13.3. The predicted molar refractivity (Wildman–Crippen MR) is 86.7 cm³/mol. The van der Waals surface area contributed by atoms with Gasteiger partial charge in [0, 0.05) is 5.75 Å². The molecule has 0 fully saturated rings. The fraction of sp³-hybridized carbons (Fsp3) is 0.333. The lowest BCUT2D eigenvalue weighted by molar-refractivity contribution is -0.142. The van der Waals surface area contributed by atoms with Crippen molar-refractivity contribution in [3.63, 3.8) is 0 Å². The van der Waals surface area contributed by atoms with E-state index >= 15 is 0 Å². The summed E-state index contributed by atoms with van der Waals surface area (Å²) in [5.41, 5.74) is 2.32. The molecule has 6 heteroatoms. The van der Waals surface area contributed by atoms with Crippen LogP contribution in [0.4, 0.5) is 13.2 Å². The fourth-order valence-electron chi connectivity index (χ4n) is 3.04. The first kappa shape index (κ1) is 16.8. The van der Waals surface area contributed by atoms with Gasteiger partial charge in [-0.2, -0.15) is 18.4 Å². The number of pyridine rings is 1. The summed E-state index contributed by atoms with van der Waals surface area (Å²) in [6, 6.07) is 9.85. The summed E-state index contributed by atoms with van der Waals surface area (Å²) in [7, 11) is 0. The van der Waals surface area contributed by atoms with Gasteiger partial charge in [-0.15, -0.1) is 11.8 Å². The van der Waals surface area contributed by atoms with Gasteiger partial charge in [0.05, 0.1) is 5.56 Å². The van der Waals surface area contributed by atoms with Gasteiger partial charge in [0.2, 0.25) is 0 Å². The van der Waals surface area contributed by atoms with Crippen LogP contribution in [0.1, 0.15) is 39.9 Å². The smallest absolute Gasteiger partial charge is 0.235 e. The molecule has 0 amide bonds. The van der Waals surface area contributed by atoms with E-state index in [0.29, 0.717) is 36.1 Å². The molecule has 1 aliphatic carbocycles. The standard InChI is InChI=1S/C18H15F3N2S/c1-11-4-2-5-12(8-11)10-24-17-15(9-22)13-6-3-7-14(13)16(23-17)18(19,20)21/h2,4-5,8H,3,6-7,10H2,1H3. The van der Waals surface area contributed by atoms with Crippen LogP contribution in [0.5, 0.6) is 0 Å². The van der Waals surface area contributed by atoms with Crippen LogP contribution in [0.25, 0.3) is 0 Å². The Labute approximate surface area is 142 Å². The molecule has 24 heavy (non-hydrogen) atoms. The summed E-state index contributed by atoms with van der Waals surface area (Å²) in [5, 5.41) is 9.62. The van der Waals surface area contributed by atoms with E-state index < -0.39 is 11.9 Å². The average molecular weight is 348 g/mol. The van der Waals surface area contributed by atoms with Crippen LogP contribution in [0.2, 0.25) is 0 Å². The van der Waals surface area contributed by atoms with Gasteiger partial charge < -0.3 is 0 Å². The van der Waals surface area contributed by atoms with Crippen molar-refractivity contribution in [2.45, 2.75) is 43.1 Å². The number of thioether (sulfide) groups is 1. The zero-order valence-electron chi connectivity index (χ0n) is 13.1. The Bertz CT molecular complexity index is 822. The average Bonchev–Trinajstić information content (AvgIpc) is 3.00. The highest BCUT2D eigenvalue weighted by Gasteiger charge is 2.39. The van der Waals surface area contributed by atoms with Crippen LogP contribution in [0.3, 0.4) is 0 Å². The Morgan fingerprint density at radius 2 is 2.00 bits per heavy atom. The van der Waals surface area contributed by atoms with Gasteiger partial charge in [-0.1, -0.05) is 29.8 Å². The van der Waals surface area contributed by atoms with Gasteiger partial charge in [-0.3, -0.25) is 0 Å². The first-order valence-electron chi connectivity index (χ1n) is 7.61. The SMILES string of the molecule is Cc1cccc(CSc2nc(C(F)(F)F)c3c(c2C#N)CCC3)c1. The lowest BCUT2D eigenvalue weighted by Gasteiger charge is -2.15. The molecule has 1 aromatic carbocycles. The maximum Gasteiger partial charge on any atom is 0.433 e. The third-order valence-electron chi connectivity index (χ3n) is 4.07. The molecule has 3 rings (SSSR count). The third-order valence-corrected chi connectivity index (χ3v) is 5.12. The second-order valence-electron chi connectivity index (χ2n) is 5.84. The lowest BCUT2D eigenvalue weighted by Crippen LogP contribution is -2.14. The number of hydrogen-bond donors (Lipinski definition) is 0. The molecule has 0 N–H and O–H groups in total. The minimum Gasteiger partial charge on any atom is -0.235 e. The number of alkyl halides is 3. The highest BCUT2D eigenvalue weighted by atomic mass is 32.2. The summed E-state index contributed by atoms with van der Waals surface area (Å²) in [6.45, 7) is 1.96. The second-order valence-corrected chi connectivity index (χ2v) is 6.80. The molecule has 1 heterocycles. The van der Waals surface area contributed by atoms with Gasteiger partial charge >= 0.3 is 6.18 Å². The molecule has 0 bridgehead atoms. The highest BCUT2D eigenvalue weighted by Crippen LogP contribution is 2.40. The van der Waals surface area contributed by atoms with Crippen LogP contribution in [-0.4, -0.2) is 4.98 Å². The largest absolute Gasteiger partial charge is 0.433 e. The van der Waals surface area contributed by atoms with E-state index in [9.17, 15) is 18.4 Å². The Balaban J connectivity index is 1.99. The molecule has 124 valence electrons. The second kappa shape index (κ2) is 6.48. The molecule has 1 aromatic heterocycles. The van der Waals surface area contributed by atoms with Crippen molar-refractivity contribution in [1.29, 1.82) is 5.26 Å². The number of hydrogen-bond acceptors (Lipinski definition) is 3. The molecule has 0 saturated heterocycles. The van der Waals surface area contributed by atoms with Crippen molar-refractivity contribution in [1.82, 2.24) is 4.98 Å². The molecule has 0 unspecified atom stereocenters. The summed E-state index contributed by atoms with van der Waals surface area (Å²) in [5.74, 6) is 0.486. The molecule has 0 spiro atoms. The number of aryl methyl sites for hydroxylation is 1. The molecule has 0 saturated carbocycles. The van der Waals surface area contributed by atoms with Crippen molar-refractivity contribution in [3.8, 4) is 6.07 Å². The Kier molecular flexibility index (Phi) is 4.55. The van der Waals surface area contributed by atoms with Crippen molar-refractivity contribution in [2.24, 2.45) is 0 Å². The summed E-state index contributed by atoms with van der Waals surface area (Å²) >= 11 is 1.20. The van der Waals surface area contributed by atoms with Crippen LogP contribution in [0.15, 0.2) is 29.3 Å². The summed E-state index contributed by atoms with van der Waals surface area (Å²) in [4.78, 5) is 3.84. The van der Waals surface area contributed by atoms with E-state index in [4.69, 9.17) is 0 Å². The molecule has 0 aliphatic heterocycles. The van der Waals surface area contributed by atoms with Crippen LogP contribution in [-0.2, 0) is 24.8 Å². The van der Waals surface area contributed by atoms with Gasteiger partial charge in [-0.05, 0) is 42.9 Å². The van der Waals surface area contributed by atoms with Crippen molar-refractivity contribution in [2.75, 3.05) is 0 Å². The number of aromatic nitrogens is 1. The van der Waals surface area contributed by atoms with Crippen LogP contribution < -0.4 is 0 Å². The van der Waals surface area contributed by atoms with E-state index in [2.05, 4.69) is 11.1 Å². The van der Waals surface area contributed by atoms with E-state index in [1.54, 1.807) is 0 Å². The van der Waals surface area contributed by atoms with Crippen LogP contribution in [0, 0.1) is 18.3 Å². The molecule has 1 aliphatic rings. The molecular formula is C18H15F3N2S. The minimum absolute atomic E-state index is 0.187. The number of benzene rings is 1. The molecule has 2 aromatic rings. The van der Waals surface area contributed by atoms with Gasteiger partial charge in [0.1, 0.15) is 16.8 Å². The topological polar surface area (TPSA) is 36.7 Å². The fourth-order valence-corrected chi connectivity index (χ4v) is 3.99. The van der Waals surface area contributed by atoms with Gasteiger partial charge in [0.25, 0.3) is 0 Å². The Hall–Kier alpha value is -2.00. The minimum atomic E-state index is -4.49. The molecule has 0 atom stereocenters. The Morgan fingerprint density at radius 3 is 2.67 bits per heavy atom. The molecule has 0 radical (unpaired) electrons. The number of nitrogens with zero attached hydrogens (tertiary/aromatic N) is 2. The van der Waals surface area contributed by atoms with Crippen molar-refractivity contribution >= 4 is 11.8 Å². The van der Waals surface area contributed by atoms with Gasteiger partial charge in [0.15, 0.2) is 0 Å². The lowest BCUT2D eigenvalue weighted by atomic mass is 10.0. The highest BCUT2D eigenvalue weighted by molar-refractivity contribution is 7.98. The third kappa shape index (κ3) is 3.27. The number of rotatable bonds is 3. The first-order chi connectivity index (χ1) is 11.4. The first-order valence-corrected chi connectivity index (χ1v) is 8.60. The number of nitriles is 1. The summed E-state index contributed by atoms with van der Waals surface area (Å²) < 4.78 is 40.0. The molecular weight excluding hydrogens is 333 g/mol. The normalized spacial score (nSPS) is 13.6. The zero-order valence-corrected chi connectivity index (χ0v) is 13.9. The summed E-state index contributed by atoms with van der Waals surface area (Å²) in [6.07, 6.45) is -2.99. The quantitative estimate of drug-likeness (QED) is 0.727. The van der Waals surface area contributed by atoms with E-state index in [1.165, 1.54) is 11.8 Å². The van der Waals surface area contributed by atoms with Crippen LogP contribution >= 0.6 is 11.8 Å². The van der Waals surface area contributed by atoms with E-state index in [-0.39, 0.29) is 10.6 Å². The monoisotopic (exact) mass is 348 g/mol. The zero-order chi connectivity index (χ0) is 17.3. The number of halogens is 3. The van der Waals surface area contributed by atoms with Gasteiger partial charge in [-0.25, -0.2) is 4.98 Å². The van der Waals surface area contributed by atoms with Crippen molar-refractivity contribution in [3.05, 3.63) is 57.8 Å². The Morgan fingerprint density at radius 1 is 1.25 bits per heavy atom.